The Bertz CT molecular complexity index is 606. The summed E-state index contributed by atoms with van der Waals surface area (Å²) in [6.07, 6.45) is 0. The highest BCUT2D eigenvalue weighted by Crippen LogP contribution is 2.24. The molecule has 2 amide bonds. The number of thiophene rings is 1. The number of carbonyl (C=O) groups excluding carboxylic acids is 1. The summed E-state index contributed by atoms with van der Waals surface area (Å²) < 4.78 is 0. The Morgan fingerprint density at radius 1 is 1.43 bits per heavy atom. The first-order chi connectivity index (χ1) is 9.88. The van der Waals surface area contributed by atoms with Crippen molar-refractivity contribution in [1.29, 1.82) is 0 Å². The van der Waals surface area contributed by atoms with Gasteiger partial charge in [0.15, 0.2) is 0 Å². The van der Waals surface area contributed by atoms with E-state index in [9.17, 15) is 9.90 Å². The number of aryl methyl sites for hydroxylation is 2. The summed E-state index contributed by atoms with van der Waals surface area (Å²) in [4.78, 5) is 18.0. The lowest BCUT2D eigenvalue weighted by Crippen LogP contribution is -2.42. The zero-order valence-electron chi connectivity index (χ0n) is 12.3. The summed E-state index contributed by atoms with van der Waals surface area (Å²) in [5, 5.41) is 18.7. The van der Waals surface area contributed by atoms with Crippen LogP contribution in [-0.4, -0.2) is 22.7 Å². The Labute approximate surface area is 132 Å². The maximum atomic E-state index is 11.8. The van der Waals surface area contributed by atoms with Crippen LogP contribution in [0.1, 0.15) is 27.4 Å². The number of thiazole rings is 1. The van der Waals surface area contributed by atoms with Gasteiger partial charge in [-0.25, -0.2) is 9.78 Å². The van der Waals surface area contributed by atoms with Gasteiger partial charge in [-0.15, -0.1) is 22.7 Å². The number of rotatable bonds is 5. The van der Waals surface area contributed by atoms with Gasteiger partial charge in [-0.3, -0.25) is 0 Å². The highest BCUT2D eigenvalue weighted by molar-refractivity contribution is 7.11. The van der Waals surface area contributed by atoms with Crippen LogP contribution in [0.3, 0.4) is 0 Å². The minimum absolute atomic E-state index is 0.167. The van der Waals surface area contributed by atoms with Crippen molar-refractivity contribution in [3.05, 3.63) is 38.0 Å². The molecular formula is C14H19N3O2S2. The first-order valence-electron chi connectivity index (χ1n) is 6.59. The van der Waals surface area contributed by atoms with E-state index in [1.165, 1.54) is 11.3 Å². The molecule has 0 bridgehead atoms. The topological polar surface area (TPSA) is 74.2 Å². The van der Waals surface area contributed by atoms with E-state index in [2.05, 4.69) is 15.6 Å². The number of nitrogens with zero attached hydrogens (tertiary/aromatic N) is 1. The number of carbonyl (C=O) groups is 1. The molecular weight excluding hydrogens is 306 g/mol. The lowest BCUT2D eigenvalue weighted by Gasteiger charge is -2.22. The van der Waals surface area contributed by atoms with Crippen LogP contribution in [0.5, 0.6) is 0 Å². The van der Waals surface area contributed by atoms with Crippen molar-refractivity contribution in [2.75, 3.05) is 6.54 Å². The summed E-state index contributed by atoms with van der Waals surface area (Å²) in [7, 11) is 0. The van der Waals surface area contributed by atoms with E-state index in [0.717, 1.165) is 20.5 Å². The Hall–Kier alpha value is -1.44. The number of hydrogen-bond acceptors (Lipinski definition) is 5. The molecule has 0 aliphatic carbocycles. The lowest BCUT2D eigenvalue weighted by molar-refractivity contribution is 0.0631. The van der Waals surface area contributed by atoms with Crippen LogP contribution in [0.2, 0.25) is 0 Å². The van der Waals surface area contributed by atoms with Crippen LogP contribution in [0.4, 0.5) is 4.79 Å². The Morgan fingerprint density at radius 2 is 2.19 bits per heavy atom. The summed E-state index contributed by atoms with van der Waals surface area (Å²) in [5.74, 6) is 0. The first-order valence-corrected chi connectivity index (χ1v) is 8.29. The van der Waals surface area contributed by atoms with Crippen LogP contribution in [0.15, 0.2) is 17.5 Å². The Balaban J connectivity index is 1.81. The van der Waals surface area contributed by atoms with E-state index < -0.39 is 5.60 Å². The van der Waals surface area contributed by atoms with E-state index in [0.29, 0.717) is 6.54 Å². The van der Waals surface area contributed by atoms with Gasteiger partial charge in [-0.05, 0) is 32.2 Å². The monoisotopic (exact) mass is 325 g/mol. The van der Waals surface area contributed by atoms with Crippen molar-refractivity contribution >= 4 is 28.7 Å². The molecule has 0 saturated carbocycles. The number of nitrogens with one attached hydrogen (secondary N) is 2. The second-order valence-corrected chi connectivity index (χ2v) is 7.26. The third kappa shape index (κ3) is 4.26. The Morgan fingerprint density at radius 3 is 2.76 bits per heavy atom. The quantitative estimate of drug-likeness (QED) is 0.791. The molecule has 1 unspecified atom stereocenters. The van der Waals surface area contributed by atoms with Crippen molar-refractivity contribution in [2.45, 2.75) is 32.9 Å². The number of aliphatic hydroxyl groups is 1. The number of hydrogen-bond donors (Lipinski definition) is 3. The second-order valence-electron chi connectivity index (χ2n) is 5.03. The molecule has 2 rings (SSSR count). The molecule has 2 heterocycles. The fourth-order valence-corrected chi connectivity index (χ4v) is 3.55. The van der Waals surface area contributed by atoms with Gasteiger partial charge in [0.1, 0.15) is 5.60 Å². The minimum atomic E-state index is -1.05. The molecule has 1 atom stereocenters. The summed E-state index contributed by atoms with van der Waals surface area (Å²) in [6, 6.07) is 3.44. The first kappa shape index (κ1) is 15.9. The average Bonchev–Trinajstić information content (AvgIpc) is 3.04. The van der Waals surface area contributed by atoms with Gasteiger partial charge < -0.3 is 15.7 Å². The molecule has 2 aromatic rings. The number of aromatic nitrogens is 1. The van der Waals surface area contributed by atoms with Crippen molar-refractivity contribution in [3.63, 3.8) is 0 Å². The van der Waals surface area contributed by atoms with E-state index in [4.69, 9.17) is 0 Å². The van der Waals surface area contributed by atoms with Gasteiger partial charge >= 0.3 is 6.03 Å². The molecule has 0 aliphatic heterocycles. The van der Waals surface area contributed by atoms with Crippen LogP contribution < -0.4 is 10.6 Å². The second kappa shape index (κ2) is 6.55. The fourth-order valence-electron chi connectivity index (χ4n) is 1.89. The average molecular weight is 325 g/mol. The van der Waals surface area contributed by atoms with Crippen LogP contribution in [0.25, 0.3) is 0 Å². The number of amides is 2. The van der Waals surface area contributed by atoms with Crippen LogP contribution in [0, 0.1) is 13.8 Å². The molecule has 7 heteroatoms. The van der Waals surface area contributed by atoms with E-state index in [-0.39, 0.29) is 12.6 Å². The predicted octanol–water partition coefficient (Wildman–Crippen LogP) is 2.53. The molecule has 0 aliphatic rings. The van der Waals surface area contributed by atoms with Crippen molar-refractivity contribution in [1.82, 2.24) is 15.6 Å². The molecule has 0 radical (unpaired) electrons. The van der Waals surface area contributed by atoms with Gasteiger partial charge in [-0.1, -0.05) is 6.07 Å². The highest BCUT2D eigenvalue weighted by atomic mass is 32.1. The van der Waals surface area contributed by atoms with Gasteiger partial charge in [0, 0.05) is 9.75 Å². The molecule has 5 nitrogen and oxygen atoms in total. The van der Waals surface area contributed by atoms with Gasteiger partial charge in [0.2, 0.25) is 0 Å². The third-order valence-electron chi connectivity index (χ3n) is 3.05. The number of urea groups is 1. The predicted molar refractivity (Wildman–Crippen MR) is 85.7 cm³/mol. The molecule has 2 aromatic heterocycles. The molecule has 114 valence electrons. The summed E-state index contributed by atoms with van der Waals surface area (Å²) in [6.45, 7) is 6.18. The fraction of sp³-hybridized carbons (Fsp3) is 0.429. The highest BCUT2D eigenvalue weighted by Gasteiger charge is 2.24. The Kier molecular flexibility index (Phi) is 4.97. The normalized spacial score (nSPS) is 13.7. The van der Waals surface area contributed by atoms with Crippen molar-refractivity contribution < 1.29 is 9.90 Å². The van der Waals surface area contributed by atoms with Gasteiger partial charge in [0.05, 0.1) is 23.8 Å². The largest absolute Gasteiger partial charge is 0.383 e. The molecule has 3 N–H and O–H groups in total. The van der Waals surface area contributed by atoms with E-state index in [1.807, 2.05) is 31.4 Å². The smallest absolute Gasteiger partial charge is 0.315 e. The summed E-state index contributed by atoms with van der Waals surface area (Å²) >= 11 is 3.04. The summed E-state index contributed by atoms with van der Waals surface area (Å²) in [5.41, 5.74) is -0.106. The van der Waals surface area contributed by atoms with Crippen molar-refractivity contribution in [3.8, 4) is 0 Å². The van der Waals surface area contributed by atoms with Crippen LogP contribution >= 0.6 is 22.7 Å². The van der Waals surface area contributed by atoms with Gasteiger partial charge in [0.25, 0.3) is 0 Å². The maximum Gasteiger partial charge on any atom is 0.315 e. The van der Waals surface area contributed by atoms with Gasteiger partial charge in [-0.2, -0.15) is 0 Å². The van der Waals surface area contributed by atoms with Crippen molar-refractivity contribution in [2.24, 2.45) is 0 Å². The molecule has 0 fully saturated rings. The van der Waals surface area contributed by atoms with Crippen LogP contribution in [-0.2, 0) is 12.1 Å². The molecule has 21 heavy (non-hydrogen) atoms. The standard InChI is InChI=1S/C14H19N3O2S2/c1-9-11(21-10(2)17-9)7-15-13(18)16-8-14(3,19)12-5-4-6-20-12/h4-6,19H,7-8H2,1-3H3,(H2,15,16,18). The molecule has 0 aromatic carbocycles. The zero-order valence-corrected chi connectivity index (χ0v) is 13.9. The maximum absolute atomic E-state index is 11.8. The third-order valence-corrected chi connectivity index (χ3v) is 5.25. The molecule has 0 spiro atoms. The molecule has 0 saturated heterocycles. The minimum Gasteiger partial charge on any atom is -0.383 e. The SMILES string of the molecule is Cc1nc(C)c(CNC(=O)NCC(C)(O)c2cccs2)s1. The lowest BCUT2D eigenvalue weighted by atomic mass is 10.1. The van der Waals surface area contributed by atoms with E-state index in [1.54, 1.807) is 18.3 Å². The van der Waals surface area contributed by atoms with E-state index >= 15 is 0 Å². The zero-order chi connectivity index (χ0) is 15.5.